The van der Waals surface area contributed by atoms with Crippen molar-refractivity contribution in [1.82, 2.24) is 9.88 Å². The van der Waals surface area contributed by atoms with Gasteiger partial charge in [0, 0.05) is 47.6 Å². The lowest BCUT2D eigenvalue weighted by atomic mass is 9.95. The summed E-state index contributed by atoms with van der Waals surface area (Å²) in [6.45, 7) is 5.68. The number of benzene rings is 2. The number of sulfonamides is 1. The van der Waals surface area contributed by atoms with E-state index in [1.165, 1.54) is 29.7 Å². The molecule has 3 aromatic rings. The maximum absolute atomic E-state index is 13.9. The molecule has 0 spiro atoms. The summed E-state index contributed by atoms with van der Waals surface area (Å²) < 4.78 is 27.8. The molecule has 3 heterocycles. The van der Waals surface area contributed by atoms with E-state index < -0.39 is 10.0 Å². The van der Waals surface area contributed by atoms with E-state index in [1.807, 2.05) is 18.2 Å². The number of amides is 2. The Labute approximate surface area is 243 Å². The van der Waals surface area contributed by atoms with Crippen LogP contribution in [0, 0.1) is 5.92 Å². The summed E-state index contributed by atoms with van der Waals surface area (Å²) in [5.41, 5.74) is 2.78. The number of rotatable bonds is 8. The lowest BCUT2D eigenvalue weighted by Gasteiger charge is -2.42. The quantitative estimate of drug-likeness (QED) is 0.404. The molecule has 5 rings (SSSR count). The van der Waals surface area contributed by atoms with Crippen molar-refractivity contribution in [2.45, 2.75) is 44.0 Å². The minimum absolute atomic E-state index is 0.0274. The highest BCUT2D eigenvalue weighted by atomic mass is 35.5. The standard InChI is InChI=1S/C28H32ClN5O4S2/c1-19(2)16-25(34-12-3-4-20-17-21(29)5-10-24(20)34)27(36)32-13-14-33(26(35)18-32)22-6-8-23(9-7-22)40(37,38)31-28-30-11-15-39-28/h5-11,15,17,19,25H,3-4,12-14,16,18H2,1-2H3,(H,30,31)/t25-/m1/s1. The van der Waals surface area contributed by atoms with Crippen molar-refractivity contribution in [1.29, 1.82) is 0 Å². The molecule has 2 aromatic carbocycles. The fourth-order valence-corrected chi connectivity index (χ4v) is 7.31. The number of hydrogen-bond acceptors (Lipinski definition) is 7. The molecule has 0 unspecified atom stereocenters. The van der Waals surface area contributed by atoms with E-state index >= 15 is 0 Å². The summed E-state index contributed by atoms with van der Waals surface area (Å²) in [5, 5.41) is 2.66. The maximum atomic E-state index is 13.9. The van der Waals surface area contributed by atoms with Crippen LogP contribution in [0.3, 0.4) is 0 Å². The Kier molecular flexibility index (Phi) is 8.34. The number of piperazine rings is 1. The monoisotopic (exact) mass is 601 g/mol. The Hall–Kier alpha value is -3.15. The number of halogens is 1. The molecule has 1 atom stereocenters. The summed E-state index contributed by atoms with van der Waals surface area (Å²) in [6.07, 6.45) is 4.06. The topological polar surface area (TPSA) is 103 Å². The summed E-state index contributed by atoms with van der Waals surface area (Å²) >= 11 is 7.43. The number of fused-ring (bicyclic) bond motifs is 1. The molecule has 2 aliphatic heterocycles. The van der Waals surface area contributed by atoms with Gasteiger partial charge in [0.1, 0.15) is 12.6 Å². The number of nitrogens with zero attached hydrogens (tertiary/aromatic N) is 4. The fourth-order valence-electron chi connectivity index (χ4n) is 5.32. The van der Waals surface area contributed by atoms with Crippen molar-refractivity contribution in [2.75, 3.05) is 40.7 Å². The lowest BCUT2D eigenvalue weighted by molar-refractivity contribution is -0.138. The van der Waals surface area contributed by atoms with Crippen LogP contribution >= 0.6 is 22.9 Å². The molecule has 2 aliphatic rings. The lowest BCUT2D eigenvalue weighted by Crippen LogP contribution is -2.58. The van der Waals surface area contributed by atoms with Crippen LogP contribution < -0.4 is 14.5 Å². The Morgan fingerprint density at radius 1 is 1.12 bits per heavy atom. The van der Waals surface area contributed by atoms with Crippen LogP contribution in [0.2, 0.25) is 5.02 Å². The molecule has 1 fully saturated rings. The molecule has 1 aromatic heterocycles. The summed E-state index contributed by atoms with van der Waals surface area (Å²) in [6, 6.07) is 11.6. The van der Waals surface area contributed by atoms with E-state index in [0.717, 1.165) is 30.6 Å². The van der Waals surface area contributed by atoms with Crippen molar-refractivity contribution in [3.63, 3.8) is 0 Å². The van der Waals surface area contributed by atoms with E-state index in [9.17, 15) is 18.0 Å². The summed E-state index contributed by atoms with van der Waals surface area (Å²) in [7, 11) is -3.79. The Balaban J connectivity index is 1.28. The van der Waals surface area contributed by atoms with Gasteiger partial charge < -0.3 is 14.7 Å². The molecule has 40 heavy (non-hydrogen) atoms. The average Bonchev–Trinajstić information content (AvgIpc) is 3.43. The molecule has 212 valence electrons. The van der Waals surface area contributed by atoms with Crippen LogP contribution in [-0.4, -0.2) is 62.3 Å². The molecular weight excluding hydrogens is 570 g/mol. The summed E-state index contributed by atoms with van der Waals surface area (Å²) in [5.74, 6) is 0.0490. The molecule has 0 saturated carbocycles. The summed E-state index contributed by atoms with van der Waals surface area (Å²) in [4.78, 5) is 36.6. The largest absolute Gasteiger partial charge is 0.359 e. The van der Waals surface area contributed by atoms with Gasteiger partial charge in [-0.3, -0.25) is 14.3 Å². The highest BCUT2D eigenvalue weighted by Gasteiger charge is 2.36. The molecule has 0 aliphatic carbocycles. The second kappa shape index (κ2) is 11.8. The van der Waals surface area contributed by atoms with E-state index in [2.05, 4.69) is 28.5 Å². The van der Waals surface area contributed by atoms with E-state index in [0.29, 0.717) is 36.1 Å². The van der Waals surface area contributed by atoms with Gasteiger partial charge >= 0.3 is 0 Å². The van der Waals surface area contributed by atoms with Crippen molar-refractivity contribution in [3.05, 3.63) is 64.6 Å². The van der Waals surface area contributed by atoms with Crippen LogP contribution in [0.25, 0.3) is 0 Å². The maximum Gasteiger partial charge on any atom is 0.263 e. The van der Waals surface area contributed by atoms with Gasteiger partial charge in [-0.25, -0.2) is 13.4 Å². The zero-order valence-corrected chi connectivity index (χ0v) is 24.8. The molecular formula is C28H32ClN5O4S2. The van der Waals surface area contributed by atoms with Gasteiger partial charge in [0.2, 0.25) is 11.8 Å². The van der Waals surface area contributed by atoms with Gasteiger partial charge in [-0.2, -0.15) is 0 Å². The number of hydrogen-bond donors (Lipinski definition) is 1. The Morgan fingerprint density at radius 3 is 2.58 bits per heavy atom. The Bertz CT molecular complexity index is 1480. The Morgan fingerprint density at radius 2 is 1.90 bits per heavy atom. The van der Waals surface area contributed by atoms with Gasteiger partial charge in [0.25, 0.3) is 10.0 Å². The van der Waals surface area contributed by atoms with Crippen LogP contribution in [0.15, 0.2) is 58.9 Å². The first-order valence-electron chi connectivity index (χ1n) is 13.3. The van der Waals surface area contributed by atoms with E-state index in [4.69, 9.17) is 11.6 Å². The second-order valence-electron chi connectivity index (χ2n) is 10.5. The minimum Gasteiger partial charge on any atom is -0.359 e. The molecule has 9 nitrogen and oxygen atoms in total. The number of anilines is 3. The molecule has 0 radical (unpaired) electrons. The third-order valence-electron chi connectivity index (χ3n) is 7.20. The second-order valence-corrected chi connectivity index (χ2v) is 13.5. The van der Waals surface area contributed by atoms with Gasteiger partial charge in [-0.15, -0.1) is 11.3 Å². The van der Waals surface area contributed by atoms with Gasteiger partial charge in [0.05, 0.1) is 4.90 Å². The first kappa shape index (κ1) is 28.4. The third-order valence-corrected chi connectivity index (χ3v) is 9.60. The minimum atomic E-state index is -3.79. The molecule has 0 bridgehead atoms. The molecule has 1 saturated heterocycles. The average molecular weight is 602 g/mol. The van der Waals surface area contributed by atoms with Gasteiger partial charge in [0.15, 0.2) is 5.13 Å². The SMILES string of the molecule is CC(C)C[C@H](C(=O)N1CCN(c2ccc(S(=O)(=O)Nc3nccs3)cc2)C(=O)C1)N1CCCc2cc(Cl)ccc21. The number of nitrogens with one attached hydrogen (secondary N) is 1. The molecule has 2 amide bonds. The van der Waals surface area contributed by atoms with Crippen molar-refractivity contribution >= 4 is 61.3 Å². The normalized spacial score (nSPS) is 16.7. The predicted octanol–water partition coefficient (Wildman–Crippen LogP) is 4.64. The molecule has 12 heteroatoms. The van der Waals surface area contributed by atoms with Crippen molar-refractivity contribution < 1.29 is 18.0 Å². The van der Waals surface area contributed by atoms with Crippen molar-refractivity contribution in [3.8, 4) is 0 Å². The molecule has 1 N–H and O–H groups in total. The van der Waals surface area contributed by atoms with Crippen LogP contribution in [-0.2, 0) is 26.0 Å². The van der Waals surface area contributed by atoms with Crippen LogP contribution in [0.4, 0.5) is 16.5 Å². The number of carbonyl (C=O) groups is 2. The van der Waals surface area contributed by atoms with Gasteiger partial charge in [-0.1, -0.05) is 25.4 Å². The fraction of sp³-hybridized carbons (Fsp3) is 0.393. The third kappa shape index (κ3) is 6.11. The first-order chi connectivity index (χ1) is 19.1. The highest BCUT2D eigenvalue weighted by Crippen LogP contribution is 2.33. The zero-order valence-electron chi connectivity index (χ0n) is 22.4. The van der Waals surface area contributed by atoms with Crippen LogP contribution in [0.5, 0.6) is 0 Å². The number of aryl methyl sites for hydroxylation is 1. The van der Waals surface area contributed by atoms with Gasteiger partial charge in [-0.05, 0) is 73.2 Å². The number of carbonyl (C=O) groups excluding carboxylic acids is 2. The number of thiazole rings is 1. The smallest absolute Gasteiger partial charge is 0.263 e. The zero-order chi connectivity index (χ0) is 28.4. The van der Waals surface area contributed by atoms with E-state index in [-0.39, 0.29) is 34.4 Å². The van der Waals surface area contributed by atoms with Crippen LogP contribution in [0.1, 0.15) is 32.3 Å². The van der Waals surface area contributed by atoms with E-state index in [1.54, 1.807) is 27.3 Å². The van der Waals surface area contributed by atoms with Crippen molar-refractivity contribution in [2.24, 2.45) is 5.92 Å². The first-order valence-corrected chi connectivity index (χ1v) is 16.0. The number of aromatic nitrogens is 1. The predicted molar refractivity (Wildman–Crippen MR) is 159 cm³/mol. The highest BCUT2D eigenvalue weighted by molar-refractivity contribution is 7.93.